The van der Waals surface area contributed by atoms with Gasteiger partial charge < -0.3 is 40.2 Å². The average molecular weight is 645 g/mol. The molecule has 0 bridgehead atoms. The number of halogens is 7. The maximum absolute atomic E-state index is 15.0. The minimum absolute atomic E-state index is 0.0804. The second kappa shape index (κ2) is 13.7. The maximum atomic E-state index is 15.0. The van der Waals surface area contributed by atoms with E-state index < -0.39 is 24.3 Å². The van der Waals surface area contributed by atoms with E-state index in [2.05, 4.69) is 38.9 Å². The summed E-state index contributed by atoms with van der Waals surface area (Å²) in [7, 11) is 1.67. The van der Waals surface area contributed by atoms with Gasteiger partial charge in [0, 0.05) is 30.9 Å². The van der Waals surface area contributed by atoms with Gasteiger partial charge in [0.1, 0.15) is 29.3 Å². The summed E-state index contributed by atoms with van der Waals surface area (Å²) < 4.78 is 85.6. The number of nitrogens with two attached hydrogens (primary N) is 1. The predicted molar refractivity (Wildman–Crippen MR) is 139 cm³/mol. The van der Waals surface area contributed by atoms with E-state index in [9.17, 15) is 30.7 Å². The molecular formula is C27H23F7N6O5-2. The first-order valence-electron chi connectivity index (χ1n) is 12.7. The number of benzene rings is 2. The van der Waals surface area contributed by atoms with Crippen molar-refractivity contribution in [3.8, 4) is 17.0 Å². The average Bonchev–Trinajstić information content (AvgIpc) is 3.32. The summed E-state index contributed by atoms with van der Waals surface area (Å²) in [5.74, 6) is -4.58. The third-order valence-corrected chi connectivity index (χ3v) is 6.26. The number of rotatable bonds is 4. The molecule has 0 fully saturated rings. The van der Waals surface area contributed by atoms with Crippen molar-refractivity contribution in [1.29, 1.82) is 0 Å². The van der Waals surface area contributed by atoms with Gasteiger partial charge in [-0.3, -0.25) is 0 Å². The second-order valence-electron chi connectivity index (χ2n) is 9.11. The van der Waals surface area contributed by atoms with Crippen molar-refractivity contribution in [2.75, 3.05) is 19.4 Å². The first-order valence-corrected chi connectivity index (χ1v) is 12.7. The summed E-state index contributed by atoms with van der Waals surface area (Å²) in [5, 5.41) is 21.1. The Morgan fingerprint density at radius 2 is 1.67 bits per heavy atom. The van der Waals surface area contributed by atoms with Crippen LogP contribution in [0.1, 0.15) is 29.9 Å². The van der Waals surface area contributed by atoms with E-state index in [1.807, 2.05) is 6.07 Å². The fourth-order valence-corrected chi connectivity index (χ4v) is 4.34. The Morgan fingerprint density at radius 3 is 2.20 bits per heavy atom. The Hall–Kier alpha value is -5.00. The lowest BCUT2D eigenvalue weighted by Gasteiger charge is -2.27. The first-order chi connectivity index (χ1) is 21.0. The molecule has 5 rings (SSSR count). The Bertz CT molecular complexity index is 1670. The molecule has 45 heavy (non-hydrogen) atoms. The normalized spacial score (nSPS) is 14.4. The van der Waals surface area contributed by atoms with Crippen molar-refractivity contribution in [2.45, 2.75) is 38.3 Å². The van der Waals surface area contributed by atoms with Gasteiger partial charge >= 0.3 is 12.4 Å². The number of carboxylic acids is 2. The van der Waals surface area contributed by atoms with Gasteiger partial charge in [-0.2, -0.15) is 26.3 Å². The molecule has 2 aromatic carbocycles. The molecule has 1 aliphatic rings. The van der Waals surface area contributed by atoms with Gasteiger partial charge in [0.25, 0.3) is 0 Å². The Balaban J connectivity index is 0.000000331. The molecule has 0 radical (unpaired) electrons. The highest BCUT2D eigenvalue weighted by molar-refractivity contribution is 5.83. The molecule has 3 heterocycles. The molecular weight excluding hydrogens is 621 g/mol. The molecule has 1 unspecified atom stereocenters. The van der Waals surface area contributed by atoms with Gasteiger partial charge in [-0.05, 0) is 48.7 Å². The largest absolute Gasteiger partial charge is 0.542 e. The number of aromatic nitrogens is 4. The standard InChI is InChI=1S/C23H23FN6O.2C2HF3O2/c1-3-30-20-11-16(18-7-9-27-23(25)29-18)17(24)12-19(20)28-22(30)21-15-5-4-14(31-2)10-13(15)6-8-26-21;2*3-2(4,5)1(6)7/h4-5,7,9-12,21,26H,3,6,8H2,1-2H3,(H2,25,27,29);2*(H,6,7)/p-2. The number of anilines is 1. The van der Waals surface area contributed by atoms with Crippen LogP contribution >= 0.6 is 0 Å². The number of hydrogen-bond donors (Lipinski definition) is 2. The summed E-state index contributed by atoms with van der Waals surface area (Å²) in [6.45, 7) is 3.60. The van der Waals surface area contributed by atoms with Crippen molar-refractivity contribution in [1.82, 2.24) is 24.8 Å². The summed E-state index contributed by atoms with van der Waals surface area (Å²) in [6, 6.07) is 11.0. The molecule has 11 nitrogen and oxygen atoms in total. The van der Waals surface area contributed by atoms with E-state index in [-0.39, 0.29) is 17.8 Å². The number of aryl methyl sites for hydroxylation is 1. The van der Waals surface area contributed by atoms with Gasteiger partial charge in [-0.1, -0.05) is 6.07 Å². The van der Waals surface area contributed by atoms with Crippen LogP contribution in [0.25, 0.3) is 22.3 Å². The molecule has 0 saturated heterocycles. The number of alkyl halides is 6. The Kier molecular flexibility index (Phi) is 10.5. The highest BCUT2D eigenvalue weighted by Gasteiger charge is 2.30. The molecule has 0 spiro atoms. The molecule has 1 atom stereocenters. The molecule has 0 saturated carbocycles. The van der Waals surface area contributed by atoms with Gasteiger partial charge in [0.15, 0.2) is 0 Å². The number of imidazole rings is 1. The second-order valence-corrected chi connectivity index (χ2v) is 9.11. The molecule has 242 valence electrons. The molecule has 18 heteroatoms. The molecule has 3 N–H and O–H groups in total. The van der Waals surface area contributed by atoms with Crippen molar-refractivity contribution in [3.05, 3.63) is 65.4 Å². The van der Waals surface area contributed by atoms with Crippen LogP contribution < -0.4 is 26.0 Å². The van der Waals surface area contributed by atoms with Gasteiger partial charge in [0.2, 0.25) is 5.95 Å². The Morgan fingerprint density at radius 1 is 1.04 bits per heavy atom. The van der Waals surface area contributed by atoms with Crippen molar-refractivity contribution in [3.63, 3.8) is 0 Å². The van der Waals surface area contributed by atoms with Gasteiger partial charge in [0.05, 0.1) is 29.9 Å². The van der Waals surface area contributed by atoms with Crippen LogP contribution in [0.2, 0.25) is 0 Å². The minimum Gasteiger partial charge on any atom is -0.542 e. The number of fused-ring (bicyclic) bond motifs is 2. The van der Waals surface area contributed by atoms with E-state index in [4.69, 9.17) is 35.3 Å². The lowest BCUT2D eigenvalue weighted by Crippen LogP contribution is -2.37. The third-order valence-electron chi connectivity index (χ3n) is 6.26. The number of methoxy groups -OCH3 is 1. The van der Waals surface area contributed by atoms with Gasteiger partial charge in [-0.15, -0.1) is 0 Å². The summed E-state index contributed by atoms with van der Waals surface area (Å²) >= 11 is 0. The van der Waals surface area contributed by atoms with Crippen molar-refractivity contribution in [2.24, 2.45) is 0 Å². The van der Waals surface area contributed by atoms with E-state index >= 15 is 0 Å². The summed E-state index contributed by atoms with van der Waals surface area (Å²) in [5.41, 5.74) is 10.4. The zero-order valence-corrected chi connectivity index (χ0v) is 23.3. The van der Waals surface area contributed by atoms with Crippen LogP contribution in [0.3, 0.4) is 0 Å². The van der Waals surface area contributed by atoms with Crippen molar-refractivity contribution < 1.29 is 55.3 Å². The van der Waals surface area contributed by atoms with Crippen molar-refractivity contribution >= 4 is 28.9 Å². The molecule has 0 amide bonds. The molecule has 1 aliphatic heterocycles. The summed E-state index contributed by atoms with van der Waals surface area (Å²) in [4.78, 5) is 30.5. The smallest absolute Gasteiger partial charge is 0.430 e. The quantitative estimate of drug-likeness (QED) is 0.314. The van der Waals surface area contributed by atoms with Crippen LogP contribution in [0.5, 0.6) is 5.75 Å². The fraction of sp³-hybridized carbons (Fsp3) is 0.296. The molecule has 4 aromatic rings. The number of nitrogens with one attached hydrogen (secondary N) is 1. The van der Waals surface area contributed by atoms with E-state index in [1.54, 1.807) is 19.2 Å². The third kappa shape index (κ3) is 8.34. The number of ether oxygens (including phenoxy) is 1. The predicted octanol–water partition coefficient (Wildman–Crippen LogP) is 2.08. The molecule has 2 aromatic heterocycles. The monoisotopic (exact) mass is 644 g/mol. The number of carbonyl (C=O) groups excluding carboxylic acids is 2. The minimum atomic E-state index is -5.19. The van der Waals surface area contributed by atoms with Gasteiger partial charge in [-0.25, -0.2) is 19.3 Å². The Labute approximate surface area is 249 Å². The van der Waals surface area contributed by atoms with E-state index in [0.717, 1.165) is 30.1 Å². The highest BCUT2D eigenvalue weighted by Crippen LogP contribution is 2.34. The number of carboxylic acid groups (broad SMARTS) is 2. The van der Waals surface area contributed by atoms with E-state index in [1.165, 1.54) is 23.4 Å². The zero-order valence-electron chi connectivity index (χ0n) is 23.3. The zero-order chi connectivity index (χ0) is 33.7. The van der Waals surface area contributed by atoms with E-state index in [0.29, 0.717) is 23.3 Å². The topological polar surface area (TPSA) is 171 Å². The fourth-order valence-electron chi connectivity index (χ4n) is 4.34. The number of hydrogen-bond acceptors (Lipinski definition) is 10. The van der Waals surface area contributed by atoms with Crippen LogP contribution in [-0.4, -0.2) is 57.5 Å². The number of aliphatic carboxylic acids is 2. The SMILES string of the molecule is CCn1c(C2NCCc3cc(OC)ccc32)nc2cc(F)c(-c3ccnc(N)n3)cc21.O=C([O-])C(F)(F)F.O=C([O-])C(F)(F)F. The lowest BCUT2D eigenvalue weighted by atomic mass is 9.93. The number of carbonyl (C=O) groups is 2. The summed E-state index contributed by atoms with van der Waals surface area (Å²) in [6.07, 6.45) is -7.94. The first kappa shape index (κ1) is 34.5. The van der Waals surface area contributed by atoms with Crippen LogP contribution in [0, 0.1) is 5.82 Å². The maximum Gasteiger partial charge on any atom is 0.430 e. The lowest BCUT2D eigenvalue weighted by molar-refractivity contribution is -0.344. The number of nitrogen functional groups attached to an aromatic ring is 1. The van der Waals surface area contributed by atoms with Crippen LogP contribution in [-0.2, 0) is 22.6 Å². The number of nitrogens with zero attached hydrogens (tertiary/aromatic N) is 4. The van der Waals surface area contributed by atoms with Crippen LogP contribution in [0.15, 0.2) is 42.6 Å². The molecule has 0 aliphatic carbocycles. The highest BCUT2D eigenvalue weighted by atomic mass is 19.4. The van der Waals surface area contributed by atoms with Crippen LogP contribution in [0.4, 0.5) is 36.7 Å².